The van der Waals surface area contributed by atoms with E-state index < -0.39 is 0 Å². The van der Waals surface area contributed by atoms with Crippen molar-refractivity contribution in [2.45, 2.75) is 0 Å². The molecule has 0 unspecified atom stereocenters. The highest BCUT2D eigenvalue weighted by atomic mass is 35.5. The van der Waals surface area contributed by atoms with Crippen molar-refractivity contribution in [3.63, 3.8) is 0 Å². The minimum absolute atomic E-state index is 0. The molecule has 1 aromatic heterocycles. The number of nitrogens with zero attached hydrogens (tertiary/aromatic N) is 3. The summed E-state index contributed by atoms with van der Waals surface area (Å²) < 4.78 is 0. The van der Waals surface area contributed by atoms with Crippen molar-refractivity contribution in [1.29, 1.82) is 0 Å². The van der Waals surface area contributed by atoms with Crippen molar-refractivity contribution in [2.24, 2.45) is 27.2 Å². The van der Waals surface area contributed by atoms with Crippen LogP contribution in [0.3, 0.4) is 0 Å². The Bertz CT molecular complexity index is 631. The third-order valence-electron chi connectivity index (χ3n) is 2.09. The van der Waals surface area contributed by atoms with Crippen molar-refractivity contribution < 1.29 is 0 Å². The van der Waals surface area contributed by atoms with Crippen molar-refractivity contribution in [1.82, 2.24) is 4.98 Å². The SMILES string of the molecule is Cl.NC(N)=N/C(N)=N/c1nc(-c2ccc(Cl)cc2)cs1. The largest absolute Gasteiger partial charge is 0.370 e. The second kappa shape index (κ2) is 7.09. The van der Waals surface area contributed by atoms with Gasteiger partial charge in [-0.3, -0.25) is 0 Å². The van der Waals surface area contributed by atoms with E-state index in [1.54, 1.807) is 12.1 Å². The molecule has 9 heteroatoms. The molecule has 0 saturated heterocycles. The van der Waals surface area contributed by atoms with Crippen LogP contribution in [0.5, 0.6) is 0 Å². The Morgan fingerprint density at radius 2 is 1.80 bits per heavy atom. The first kappa shape index (κ1) is 16.2. The predicted octanol–water partition coefficient (Wildman–Crippen LogP) is 2.10. The number of aliphatic imine (C=N–C) groups is 2. The second-order valence-electron chi connectivity index (χ2n) is 3.53. The Kier molecular flexibility index (Phi) is 5.75. The summed E-state index contributed by atoms with van der Waals surface area (Å²) in [6.07, 6.45) is 0. The van der Waals surface area contributed by atoms with Gasteiger partial charge in [-0.05, 0) is 12.1 Å². The lowest BCUT2D eigenvalue weighted by molar-refractivity contribution is 1.32. The molecule has 1 heterocycles. The van der Waals surface area contributed by atoms with Crippen LogP contribution in [0.2, 0.25) is 5.02 Å². The summed E-state index contributed by atoms with van der Waals surface area (Å²) in [4.78, 5) is 11.9. The zero-order valence-electron chi connectivity index (χ0n) is 10.2. The molecule has 6 N–H and O–H groups in total. The maximum absolute atomic E-state index is 5.83. The maximum atomic E-state index is 5.83. The van der Waals surface area contributed by atoms with Crippen LogP contribution < -0.4 is 17.2 Å². The predicted molar refractivity (Wildman–Crippen MR) is 86.9 cm³/mol. The zero-order chi connectivity index (χ0) is 13.8. The first-order valence-corrected chi connectivity index (χ1v) is 6.45. The van der Waals surface area contributed by atoms with Gasteiger partial charge in [0.25, 0.3) is 0 Å². The van der Waals surface area contributed by atoms with Gasteiger partial charge in [0.2, 0.25) is 11.1 Å². The molecule has 0 aliphatic heterocycles. The number of thiazole rings is 1. The minimum Gasteiger partial charge on any atom is -0.370 e. The summed E-state index contributed by atoms with van der Waals surface area (Å²) in [7, 11) is 0. The van der Waals surface area contributed by atoms with Crippen LogP contribution in [0.4, 0.5) is 5.13 Å². The minimum atomic E-state index is -0.143. The third kappa shape index (κ3) is 4.37. The second-order valence-corrected chi connectivity index (χ2v) is 4.80. The van der Waals surface area contributed by atoms with Crippen molar-refractivity contribution in [2.75, 3.05) is 0 Å². The first-order valence-electron chi connectivity index (χ1n) is 5.20. The fraction of sp³-hybridized carbons (Fsp3) is 0. The standard InChI is InChI=1S/C11H11ClN6S.ClH/c12-7-3-1-6(2-4-7)8-5-19-11(16-8)18-10(15)17-9(13)14;/h1-5H,(H6,13,14,15,16,17,18);1H. The molecule has 106 valence electrons. The van der Waals surface area contributed by atoms with Gasteiger partial charge in [0.1, 0.15) is 0 Å². The highest BCUT2D eigenvalue weighted by Gasteiger charge is 2.04. The van der Waals surface area contributed by atoms with Crippen molar-refractivity contribution in [3.8, 4) is 11.3 Å². The number of nitrogens with two attached hydrogens (primary N) is 3. The Labute approximate surface area is 130 Å². The van der Waals surface area contributed by atoms with Gasteiger partial charge in [-0.2, -0.15) is 9.98 Å². The van der Waals surface area contributed by atoms with E-state index in [0.717, 1.165) is 11.3 Å². The van der Waals surface area contributed by atoms with E-state index in [0.29, 0.717) is 10.2 Å². The maximum Gasteiger partial charge on any atom is 0.225 e. The van der Waals surface area contributed by atoms with Crippen LogP contribution in [0.1, 0.15) is 0 Å². The molecule has 0 aliphatic rings. The lowest BCUT2D eigenvalue weighted by Gasteiger charge is -1.95. The molecule has 0 amide bonds. The highest BCUT2D eigenvalue weighted by molar-refractivity contribution is 7.13. The smallest absolute Gasteiger partial charge is 0.225 e. The lowest BCUT2D eigenvalue weighted by Crippen LogP contribution is -2.26. The molecule has 0 radical (unpaired) electrons. The molecule has 2 aromatic rings. The van der Waals surface area contributed by atoms with Crippen molar-refractivity contribution in [3.05, 3.63) is 34.7 Å². The lowest BCUT2D eigenvalue weighted by atomic mass is 10.2. The highest BCUT2D eigenvalue weighted by Crippen LogP contribution is 2.27. The van der Waals surface area contributed by atoms with Gasteiger partial charge in [0.15, 0.2) is 5.96 Å². The molecule has 0 saturated carbocycles. The van der Waals surface area contributed by atoms with E-state index >= 15 is 0 Å². The molecule has 20 heavy (non-hydrogen) atoms. The average Bonchev–Trinajstić information content (AvgIpc) is 2.77. The van der Waals surface area contributed by atoms with Gasteiger partial charge in [-0.1, -0.05) is 23.7 Å². The molecule has 1 aromatic carbocycles. The number of hydrogen-bond acceptors (Lipinski definition) is 3. The summed E-state index contributed by atoms with van der Waals surface area (Å²) in [6, 6.07) is 7.36. The number of hydrogen-bond donors (Lipinski definition) is 3. The number of aromatic nitrogens is 1. The molecular formula is C11H12Cl2N6S. The molecule has 0 fully saturated rings. The summed E-state index contributed by atoms with van der Waals surface area (Å²) >= 11 is 7.17. The van der Waals surface area contributed by atoms with Crippen LogP contribution in [0.15, 0.2) is 39.6 Å². The quantitative estimate of drug-likeness (QED) is 0.577. The normalized spacial score (nSPS) is 10.8. The molecule has 0 aliphatic carbocycles. The number of rotatable bonds is 2. The summed E-state index contributed by atoms with van der Waals surface area (Å²) in [5.41, 5.74) is 17.7. The van der Waals surface area contributed by atoms with Crippen LogP contribution in [0, 0.1) is 0 Å². The Balaban J connectivity index is 0.00000200. The fourth-order valence-corrected chi connectivity index (χ4v) is 2.15. The Morgan fingerprint density at radius 3 is 2.40 bits per heavy atom. The van der Waals surface area contributed by atoms with E-state index in [2.05, 4.69) is 15.0 Å². The Hall–Kier alpha value is -1.83. The molecule has 0 bridgehead atoms. The summed E-state index contributed by atoms with van der Waals surface area (Å²) in [6.45, 7) is 0. The van der Waals surface area contributed by atoms with Gasteiger partial charge in [0.05, 0.1) is 5.69 Å². The number of guanidine groups is 2. The monoisotopic (exact) mass is 330 g/mol. The molecular weight excluding hydrogens is 319 g/mol. The molecule has 0 spiro atoms. The number of benzene rings is 1. The van der Waals surface area contributed by atoms with E-state index in [1.807, 2.05) is 17.5 Å². The van der Waals surface area contributed by atoms with Gasteiger partial charge in [-0.25, -0.2) is 4.98 Å². The fourth-order valence-electron chi connectivity index (χ4n) is 1.32. The van der Waals surface area contributed by atoms with Crippen LogP contribution in [0.25, 0.3) is 11.3 Å². The summed E-state index contributed by atoms with van der Waals surface area (Å²) in [5, 5.41) is 3.02. The van der Waals surface area contributed by atoms with Crippen LogP contribution in [-0.2, 0) is 0 Å². The van der Waals surface area contributed by atoms with Gasteiger partial charge in [0, 0.05) is 16.0 Å². The van der Waals surface area contributed by atoms with Gasteiger partial charge >= 0.3 is 0 Å². The van der Waals surface area contributed by atoms with Crippen LogP contribution in [-0.4, -0.2) is 16.9 Å². The van der Waals surface area contributed by atoms with E-state index in [1.165, 1.54) is 11.3 Å². The van der Waals surface area contributed by atoms with Crippen molar-refractivity contribution >= 4 is 52.4 Å². The van der Waals surface area contributed by atoms with E-state index in [4.69, 9.17) is 28.8 Å². The average molecular weight is 331 g/mol. The molecule has 0 atom stereocenters. The zero-order valence-corrected chi connectivity index (χ0v) is 12.5. The van der Waals surface area contributed by atoms with Gasteiger partial charge < -0.3 is 17.2 Å². The number of halogens is 2. The summed E-state index contributed by atoms with van der Waals surface area (Å²) in [5.74, 6) is -0.173. The van der Waals surface area contributed by atoms with E-state index in [-0.39, 0.29) is 24.3 Å². The van der Waals surface area contributed by atoms with Gasteiger partial charge in [-0.15, -0.1) is 23.7 Å². The topological polar surface area (TPSA) is 116 Å². The Morgan fingerprint density at radius 1 is 1.15 bits per heavy atom. The first-order chi connectivity index (χ1) is 9.04. The van der Waals surface area contributed by atoms with Crippen LogP contribution >= 0.6 is 35.3 Å². The molecule has 6 nitrogen and oxygen atoms in total. The van der Waals surface area contributed by atoms with E-state index in [9.17, 15) is 0 Å². The molecule has 2 rings (SSSR count). The third-order valence-corrected chi connectivity index (χ3v) is 3.07.